The van der Waals surface area contributed by atoms with Crippen molar-refractivity contribution in [3.05, 3.63) is 42.2 Å². The highest BCUT2D eigenvalue weighted by Gasteiger charge is 2.19. The molecule has 1 aliphatic rings. The lowest BCUT2D eigenvalue weighted by Crippen LogP contribution is -2.36. The van der Waals surface area contributed by atoms with Gasteiger partial charge in [0.05, 0.1) is 43.1 Å². The second kappa shape index (κ2) is 8.02. The van der Waals surface area contributed by atoms with Crippen molar-refractivity contribution in [2.45, 2.75) is 20.3 Å². The van der Waals surface area contributed by atoms with Crippen LogP contribution in [0.15, 0.2) is 30.9 Å². The van der Waals surface area contributed by atoms with E-state index in [1.807, 2.05) is 32.6 Å². The first-order valence-corrected chi connectivity index (χ1v) is 9.46. The van der Waals surface area contributed by atoms with Crippen molar-refractivity contribution in [1.29, 1.82) is 0 Å². The van der Waals surface area contributed by atoms with Crippen molar-refractivity contribution in [1.82, 2.24) is 19.4 Å². The SMILES string of the molecule is CCOCCc1ccc(-c2c(C)nc3c(N4CCOCC4)cncn23)cn1. The van der Waals surface area contributed by atoms with E-state index in [0.717, 1.165) is 73.3 Å². The van der Waals surface area contributed by atoms with E-state index in [2.05, 4.69) is 31.4 Å². The molecule has 3 aromatic heterocycles. The lowest BCUT2D eigenvalue weighted by Gasteiger charge is -2.28. The number of imidazole rings is 1. The molecule has 4 rings (SSSR count). The summed E-state index contributed by atoms with van der Waals surface area (Å²) in [6.07, 6.45) is 6.46. The van der Waals surface area contributed by atoms with Crippen molar-refractivity contribution in [2.24, 2.45) is 0 Å². The van der Waals surface area contributed by atoms with Gasteiger partial charge in [0.2, 0.25) is 0 Å². The van der Waals surface area contributed by atoms with Crippen molar-refractivity contribution in [2.75, 3.05) is 44.4 Å². The number of fused-ring (bicyclic) bond motifs is 1. The van der Waals surface area contributed by atoms with Gasteiger partial charge < -0.3 is 14.4 Å². The molecule has 7 nitrogen and oxygen atoms in total. The maximum Gasteiger partial charge on any atom is 0.164 e. The van der Waals surface area contributed by atoms with Gasteiger partial charge >= 0.3 is 0 Å². The first kappa shape index (κ1) is 17.9. The molecule has 0 N–H and O–H groups in total. The van der Waals surface area contributed by atoms with Crippen LogP contribution < -0.4 is 4.90 Å². The van der Waals surface area contributed by atoms with Gasteiger partial charge in [-0.3, -0.25) is 9.38 Å². The summed E-state index contributed by atoms with van der Waals surface area (Å²) in [5.74, 6) is 0. The molecule has 0 bridgehead atoms. The van der Waals surface area contributed by atoms with Crippen LogP contribution in [0.1, 0.15) is 18.3 Å². The minimum absolute atomic E-state index is 0.699. The third kappa shape index (κ3) is 3.65. The molecule has 1 fully saturated rings. The molecule has 1 saturated heterocycles. The molecule has 0 atom stereocenters. The monoisotopic (exact) mass is 367 g/mol. The quantitative estimate of drug-likeness (QED) is 0.624. The second-order valence-electron chi connectivity index (χ2n) is 6.60. The molecule has 27 heavy (non-hydrogen) atoms. The lowest BCUT2D eigenvalue weighted by atomic mass is 10.1. The van der Waals surface area contributed by atoms with E-state index in [1.54, 1.807) is 0 Å². The Morgan fingerprint density at radius 3 is 2.78 bits per heavy atom. The molecule has 0 aromatic carbocycles. The van der Waals surface area contributed by atoms with Crippen molar-refractivity contribution in [3.63, 3.8) is 0 Å². The fourth-order valence-electron chi connectivity index (χ4n) is 3.48. The molecule has 142 valence electrons. The Hall–Kier alpha value is -2.51. The maximum atomic E-state index is 5.47. The molecule has 0 spiro atoms. The summed E-state index contributed by atoms with van der Waals surface area (Å²) >= 11 is 0. The summed E-state index contributed by atoms with van der Waals surface area (Å²) in [5.41, 5.74) is 6.07. The first-order chi connectivity index (χ1) is 13.3. The molecule has 0 aliphatic carbocycles. The number of rotatable bonds is 6. The minimum atomic E-state index is 0.699. The molecule has 0 saturated carbocycles. The Labute approximate surface area is 159 Å². The van der Waals surface area contributed by atoms with E-state index < -0.39 is 0 Å². The van der Waals surface area contributed by atoms with Crippen LogP contribution in [0.4, 0.5) is 5.69 Å². The van der Waals surface area contributed by atoms with Crippen LogP contribution in [0.3, 0.4) is 0 Å². The number of aryl methyl sites for hydroxylation is 1. The Morgan fingerprint density at radius 2 is 2.04 bits per heavy atom. The maximum absolute atomic E-state index is 5.47. The zero-order valence-corrected chi connectivity index (χ0v) is 15.9. The Balaban J connectivity index is 1.67. The molecule has 0 unspecified atom stereocenters. The van der Waals surface area contributed by atoms with E-state index in [4.69, 9.17) is 14.5 Å². The van der Waals surface area contributed by atoms with E-state index in [0.29, 0.717) is 6.61 Å². The first-order valence-electron chi connectivity index (χ1n) is 9.46. The molecular formula is C20H25N5O2. The van der Waals surface area contributed by atoms with Gasteiger partial charge in [-0.05, 0) is 26.0 Å². The van der Waals surface area contributed by atoms with Gasteiger partial charge in [0.15, 0.2) is 5.65 Å². The number of anilines is 1. The highest BCUT2D eigenvalue weighted by molar-refractivity contribution is 5.75. The second-order valence-corrected chi connectivity index (χ2v) is 6.60. The van der Waals surface area contributed by atoms with Crippen LogP contribution in [0.25, 0.3) is 16.9 Å². The topological polar surface area (TPSA) is 64.8 Å². The molecular weight excluding hydrogens is 342 g/mol. The Morgan fingerprint density at radius 1 is 1.19 bits per heavy atom. The van der Waals surface area contributed by atoms with Gasteiger partial charge in [0.1, 0.15) is 6.33 Å². The number of pyridine rings is 1. The predicted molar refractivity (Wildman–Crippen MR) is 104 cm³/mol. The van der Waals surface area contributed by atoms with Crippen molar-refractivity contribution >= 4 is 11.3 Å². The van der Waals surface area contributed by atoms with Gasteiger partial charge in [-0.15, -0.1) is 0 Å². The number of hydrogen-bond acceptors (Lipinski definition) is 6. The average molecular weight is 367 g/mol. The van der Waals surface area contributed by atoms with Crippen LogP contribution in [-0.2, 0) is 15.9 Å². The number of nitrogens with zero attached hydrogens (tertiary/aromatic N) is 5. The fourth-order valence-corrected chi connectivity index (χ4v) is 3.48. The Kier molecular flexibility index (Phi) is 5.31. The van der Waals surface area contributed by atoms with E-state index in [1.165, 1.54) is 0 Å². The van der Waals surface area contributed by atoms with Gasteiger partial charge in [-0.1, -0.05) is 0 Å². The van der Waals surface area contributed by atoms with Crippen LogP contribution in [0.5, 0.6) is 0 Å². The fraction of sp³-hybridized carbons (Fsp3) is 0.450. The van der Waals surface area contributed by atoms with E-state index in [9.17, 15) is 0 Å². The molecule has 3 aromatic rings. The summed E-state index contributed by atoms with van der Waals surface area (Å²) in [6.45, 7) is 8.67. The van der Waals surface area contributed by atoms with Crippen LogP contribution in [-0.4, -0.2) is 58.9 Å². The minimum Gasteiger partial charge on any atom is -0.381 e. The average Bonchev–Trinajstić information content (AvgIpc) is 3.05. The molecule has 0 radical (unpaired) electrons. The normalized spacial score (nSPS) is 14.8. The third-order valence-corrected chi connectivity index (χ3v) is 4.85. The summed E-state index contributed by atoms with van der Waals surface area (Å²) in [7, 11) is 0. The number of ether oxygens (including phenoxy) is 2. The molecule has 1 aliphatic heterocycles. The van der Waals surface area contributed by atoms with Gasteiger partial charge in [0, 0.05) is 43.6 Å². The largest absolute Gasteiger partial charge is 0.381 e. The van der Waals surface area contributed by atoms with Gasteiger partial charge in [0.25, 0.3) is 0 Å². The smallest absolute Gasteiger partial charge is 0.164 e. The van der Waals surface area contributed by atoms with Crippen molar-refractivity contribution in [3.8, 4) is 11.3 Å². The highest BCUT2D eigenvalue weighted by atomic mass is 16.5. The van der Waals surface area contributed by atoms with Gasteiger partial charge in [-0.25, -0.2) is 9.97 Å². The summed E-state index contributed by atoms with van der Waals surface area (Å²) < 4.78 is 12.9. The summed E-state index contributed by atoms with van der Waals surface area (Å²) in [5, 5.41) is 0. The zero-order chi connectivity index (χ0) is 18.6. The van der Waals surface area contributed by atoms with Gasteiger partial charge in [-0.2, -0.15) is 0 Å². The number of aromatic nitrogens is 4. The predicted octanol–water partition coefficient (Wildman–Crippen LogP) is 2.52. The summed E-state index contributed by atoms with van der Waals surface area (Å²) in [4.78, 5) is 16.2. The third-order valence-electron chi connectivity index (χ3n) is 4.85. The van der Waals surface area contributed by atoms with Crippen LogP contribution in [0.2, 0.25) is 0 Å². The van der Waals surface area contributed by atoms with Crippen molar-refractivity contribution < 1.29 is 9.47 Å². The Bertz CT molecular complexity index is 901. The molecule has 7 heteroatoms. The standard InChI is InChI=1S/C20H25N5O2/c1-3-26-9-6-17-5-4-16(12-22-17)19-15(2)23-20-18(13-21-14-25(19)20)24-7-10-27-11-8-24/h4-5,12-14H,3,6-11H2,1-2H3. The van der Waals surface area contributed by atoms with Crippen LogP contribution in [0, 0.1) is 6.92 Å². The van der Waals surface area contributed by atoms with E-state index in [-0.39, 0.29) is 0 Å². The summed E-state index contributed by atoms with van der Waals surface area (Å²) in [6, 6.07) is 4.17. The number of morpholine rings is 1. The zero-order valence-electron chi connectivity index (χ0n) is 15.9. The molecule has 4 heterocycles. The van der Waals surface area contributed by atoms with Crippen LogP contribution >= 0.6 is 0 Å². The number of hydrogen-bond donors (Lipinski definition) is 0. The highest BCUT2D eigenvalue weighted by Crippen LogP contribution is 2.29. The molecule has 0 amide bonds. The lowest BCUT2D eigenvalue weighted by molar-refractivity contribution is 0.123. The van der Waals surface area contributed by atoms with E-state index >= 15 is 0 Å².